The Labute approximate surface area is 308 Å². The summed E-state index contributed by atoms with van der Waals surface area (Å²) >= 11 is 0. The molecule has 20 nitrogen and oxygen atoms in total. The first-order valence-corrected chi connectivity index (χ1v) is 17.2. The fraction of sp³-hybridized carbons (Fsp3) is 0.441. The summed E-state index contributed by atoms with van der Waals surface area (Å²) in [6, 6.07) is -0.449. The number of nitrogens with zero attached hydrogens (tertiary/aromatic N) is 2. The van der Waals surface area contributed by atoms with Crippen molar-refractivity contribution in [2.75, 3.05) is 6.54 Å². The van der Waals surface area contributed by atoms with Gasteiger partial charge in [0.25, 0.3) is 0 Å². The van der Waals surface area contributed by atoms with Crippen LogP contribution in [0.25, 0.3) is 10.9 Å². The number of likely N-dealkylation sites (tertiary alicyclic amines) is 1. The van der Waals surface area contributed by atoms with Crippen LogP contribution in [-0.2, 0) is 51.2 Å². The Kier molecular flexibility index (Phi) is 13.8. The molecule has 54 heavy (non-hydrogen) atoms. The maximum Gasteiger partial charge on any atom is 0.326 e. The van der Waals surface area contributed by atoms with Gasteiger partial charge in [-0.1, -0.05) is 18.2 Å². The number of carbonyl (C=O) groups excluding carboxylic acids is 6. The Balaban J connectivity index is 1.50. The molecule has 1 saturated heterocycles. The summed E-state index contributed by atoms with van der Waals surface area (Å²) in [5, 5.41) is 29.1. The van der Waals surface area contributed by atoms with E-state index >= 15 is 0 Å². The number of amides is 6. The zero-order chi connectivity index (χ0) is 39.5. The third-order valence-electron chi connectivity index (χ3n) is 8.94. The van der Waals surface area contributed by atoms with Gasteiger partial charge in [-0.2, -0.15) is 0 Å². The Morgan fingerprint density at radius 3 is 2.31 bits per heavy atom. The van der Waals surface area contributed by atoms with Gasteiger partial charge in [0.1, 0.15) is 30.2 Å². The lowest BCUT2D eigenvalue weighted by molar-refractivity contribution is -0.143. The van der Waals surface area contributed by atoms with Gasteiger partial charge in [-0.05, 0) is 37.8 Å². The molecule has 1 fully saturated rings. The topological polar surface area (TPSA) is 325 Å². The van der Waals surface area contributed by atoms with Gasteiger partial charge in [-0.15, -0.1) is 0 Å². The number of fused-ring (bicyclic) bond motifs is 1. The number of hydrogen-bond acceptors (Lipinski definition) is 10. The van der Waals surface area contributed by atoms with E-state index < -0.39 is 103 Å². The third kappa shape index (κ3) is 10.9. The largest absolute Gasteiger partial charge is 0.481 e. The van der Waals surface area contributed by atoms with Gasteiger partial charge in [-0.3, -0.25) is 33.6 Å². The number of nitrogens with two attached hydrogens (primary N) is 2. The molecule has 1 aromatic carbocycles. The quantitative estimate of drug-likeness (QED) is 0.0623. The van der Waals surface area contributed by atoms with Gasteiger partial charge in [0.05, 0.1) is 18.8 Å². The molecule has 1 aliphatic heterocycles. The second kappa shape index (κ2) is 18.4. The van der Waals surface area contributed by atoms with Crippen LogP contribution in [0.15, 0.2) is 43.0 Å². The summed E-state index contributed by atoms with van der Waals surface area (Å²) < 4.78 is 0. The molecule has 6 amide bonds. The molecule has 4 rings (SSSR count). The summed E-state index contributed by atoms with van der Waals surface area (Å²) in [6.07, 6.45) is 3.78. The van der Waals surface area contributed by atoms with E-state index in [0.717, 1.165) is 16.5 Å². The monoisotopic (exact) mass is 752 g/mol. The van der Waals surface area contributed by atoms with E-state index in [2.05, 4.69) is 36.2 Å². The highest BCUT2D eigenvalue weighted by molar-refractivity contribution is 5.97. The maximum absolute atomic E-state index is 14.2. The van der Waals surface area contributed by atoms with Crippen molar-refractivity contribution >= 4 is 58.3 Å². The molecule has 3 aromatic rings. The minimum atomic E-state index is -1.67. The second-order valence-corrected chi connectivity index (χ2v) is 13.0. The number of carboxylic acids is 2. The van der Waals surface area contributed by atoms with Crippen molar-refractivity contribution in [1.82, 2.24) is 41.1 Å². The molecule has 6 atom stereocenters. The number of rotatable bonds is 19. The fourth-order valence-electron chi connectivity index (χ4n) is 6.11. The van der Waals surface area contributed by atoms with Crippen molar-refractivity contribution in [3.8, 4) is 0 Å². The number of carboxylic acid groups (broad SMARTS) is 2. The van der Waals surface area contributed by atoms with Gasteiger partial charge in [-0.25, -0.2) is 9.78 Å². The Bertz CT molecular complexity index is 1860. The van der Waals surface area contributed by atoms with Crippen LogP contribution in [0.4, 0.5) is 0 Å². The van der Waals surface area contributed by atoms with Gasteiger partial charge >= 0.3 is 11.9 Å². The summed E-state index contributed by atoms with van der Waals surface area (Å²) in [4.78, 5) is 113. The predicted octanol–water partition coefficient (Wildman–Crippen LogP) is -2.22. The van der Waals surface area contributed by atoms with Crippen molar-refractivity contribution in [3.63, 3.8) is 0 Å². The first kappa shape index (κ1) is 40.5. The molecular formula is C34H44N10O10. The average molecular weight is 753 g/mol. The van der Waals surface area contributed by atoms with Crippen molar-refractivity contribution in [1.29, 1.82) is 0 Å². The van der Waals surface area contributed by atoms with Crippen LogP contribution in [-0.4, -0.2) is 120 Å². The molecule has 1 aliphatic rings. The Hall–Kier alpha value is -6.31. The van der Waals surface area contributed by atoms with Crippen molar-refractivity contribution in [3.05, 3.63) is 54.2 Å². The van der Waals surface area contributed by atoms with Crippen LogP contribution in [0.5, 0.6) is 0 Å². The number of primary amides is 1. The van der Waals surface area contributed by atoms with Crippen LogP contribution in [0, 0.1) is 0 Å². The van der Waals surface area contributed by atoms with Gasteiger partial charge in [0.2, 0.25) is 35.4 Å². The van der Waals surface area contributed by atoms with Crippen molar-refractivity contribution in [2.24, 2.45) is 11.5 Å². The first-order chi connectivity index (χ1) is 25.6. The molecule has 20 heteroatoms. The summed E-state index contributed by atoms with van der Waals surface area (Å²) in [7, 11) is 0. The van der Waals surface area contributed by atoms with Crippen LogP contribution < -0.4 is 32.7 Å². The number of hydrogen-bond donors (Lipinski definition) is 10. The molecule has 0 aliphatic carbocycles. The Morgan fingerprint density at radius 1 is 0.926 bits per heavy atom. The molecule has 0 radical (unpaired) electrons. The lowest BCUT2D eigenvalue weighted by atomic mass is 10.0. The zero-order valence-corrected chi connectivity index (χ0v) is 29.4. The van der Waals surface area contributed by atoms with E-state index in [1.165, 1.54) is 24.3 Å². The molecule has 0 bridgehead atoms. The number of nitrogens with one attached hydrogen (secondary N) is 6. The van der Waals surface area contributed by atoms with Crippen molar-refractivity contribution < 1.29 is 48.6 Å². The number of H-pyrrole nitrogens is 2. The standard InChI is InChI=1S/C34H44N10O10/c1-17(29(48)43-25(34(53)54)13-27(36)45)40-31(50)23(8-9-28(46)47)41-32(51)26-7-4-10-44(26)33(52)24(11-18-14-38-22-6-3-2-5-20(18)22)42-30(49)21(35)12-19-15-37-16-39-19/h2-3,5-6,14-17,21,23-26,38H,4,7-13,35H2,1H3,(H2,36,45)(H,37,39)(H,40,50)(H,41,51)(H,42,49)(H,43,48)(H,46,47)(H,53,54)/t17-,21-,23-,24-,25-,26-/m0/s1. The number of imidazole rings is 1. The molecule has 0 spiro atoms. The molecular weight excluding hydrogens is 708 g/mol. The second-order valence-electron chi connectivity index (χ2n) is 13.0. The number of carbonyl (C=O) groups is 8. The van der Waals surface area contributed by atoms with Crippen molar-refractivity contribution in [2.45, 2.75) is 88.1 Å². The molecule has 3 heterocycles. The third-order valence-corrected chi connectivity index (χ3v) is 8.94. The number of aromatic nitrogens is 3. The normalized spacial score (nSPS) is 16.7. The highest BCUT2D eigenvalue weighted by Gasteiger charge is 2.40. The molecule has 12 N–H and O–H groups in total. The number of benzene rings is 1. The van der Waals surface area contributed by atoms with E-state index in [4.69, 9.17) is 11.5 Å². The van der Waals surface area contributed by atoms with Gasteiger partial charge in [0, 0.05) is 54.8 Å². The predicted molar refractivity (Wildman–Crippen MR) is 189 cm³/mol. The molecule has 0 saturated carbocycles. The van der Waals surface area contributed by atoms with Crippen LogP contribution in [0.3, 0.4) is 0 Å². The molecule has 0 unspecified atom stereocenters. The van der Waals surface area contributed by atoms with Crippen LogP contribution >= 0.6 is 0 Å². The smallest absolute Gasteiger partial charge is 0.326 e. The van der Waals surface area contributed by atoms with E-state index in [9.17, 15) is 48.6 Å². The van der Waals surface area contributed by atoms with Gasteiger partial charge < -0.3 is 57.8 Å². The SMILES string of the molecule is C[C@H](NC(=O)[C@H](CCC(=O)O)NC(=O)[C@@H]1CCCN1C(=O)[C@H](Cc1c[nH]c2ccccc12)NC(=O)[C@@H](N)Cc1cnc[nH]1)C(=O)N[C@@H](CC(N)=O)C(=O)O. The van der Waals surface area contributed by atoms with Gasteiger partial charge in [0.15, 0.2) is 0 Å². The zero-order valence-electron chi connectivity index (χ0n) is 29.4. The lowest BCUT2D eigenvalue weighted by Crippen LogP contribution is -2.59. The van der Waals surface area contributed by atoms with E-state index in [0.29, 0.717) is 12.1 Å². The first-order valence-electron chi connectivity index (χ1n) is 17.2. The minimum Gasteiger partial charge on any atom is -0.481 e. The van der Waals surface area contributed by atoms with E-state index in [-0.39, 0.29) is 25.8 Å². The lowest BCUT2D eigenvalue weighted by Gasteiger charge is -2.30. The summed E-state index contributed by atoms with van der Waals surface area (Å²) in [5.74, 6) is -7.72. The molecule has 2 aromatic heterocycles. The number of aliphatic carboxylic acids is 2. The maximum atomic E-state index is 14.2. The average Bonchev–Trinajstić information content (AvgIpc) is 3.91. The molecule has 290 valence electrons. The number of para-hydroxylation sites is 1. The highest BCUT2D eigenvalue weighted by atomic mass is 16.4. The minimum absolute atomic E-state index is 0.0436. The number of aromatic amines is 2. The van der Waals surface area contributed by atoms with E-state index in [1.807, 2.05) is 24.3 Å². The van der Waals surface area contributed by atoms with Crippen LogP contribution in [0.2, 0.25) is 0 Å². The summed E-state index contributed by atoms with van der Waals surface area (Å²) in [6.45, 7) is 1.35. The van der Waals surface area contributed by atoms with E-state index in [1.54, 1.807) is 6.20 Å². The fourth-order valence-corrected chi connectivity index (χ4v) is 6.11. The van der Waals surface area contributed by atoms with Crippen LogP contribution in [0.1, 0.15) is 50.3 Å². The highest BCUT2D eigenvalue weighted by Crippen LogP contribution is 2.23. The Morgan fingerprint density at radius 2 is 1.65 bits per heavy atom. The summed E-state index contributed by atoms with van der Waals surface area (Å²) in [5.41, 5.74) is 13.4.